The van der Waals surface area contributed by atoms with E-state index in [-0.39, 0.29) is 0 Å². The van der Waals surface area contributed by atoms with Crippen LogP contribution in [0.5, 0.6) is 0 Å². The Hall–Kier alpha value is -9.78. The Morgan fingerprint density at radius 2 is 0.919 bits per heavy atom. The van der Waals surface area contributed by atoms with Crippen molar-refractivity contribution in [2.45, 2.75) is 6.42 Å². The zero-order chi connectivity index (χ0) is 49.0. The van der Waals surface area contributed by atoms with E-state index in [0.29, 0.717) is 5.92 Å². The number of para-hydroxylation sites is 4. The Balaban J connectivity index is 0.796. The number of H-pyrrole nitrogens is 2. The highest BCUT2D eigenvalue weighted by Crippen LogP contribution is 2.42. The molecule has 0 saturated carbocycles. The molecule has 0 bridgehead atoms. The molecule has 2 heterocycles. The first kappa shape index (κ1) is 43.0. The molecule has 0 fully saturated rings. The number of anilines is 5. The number of fused-ring (bicyclic) bond motifs is 6. The zero-order valence-corrected chi connectivity index (χ0v) is 40.4. The summed E-state index contributed by atoms with van der Waals surface area (Å²) in [5.41, 5.74) is 16.5. The van der Waals surface area contributed by atoms with Gasteiger partial charge in [0.2, 0.25) is 0 Å². The van der Waals surface area contributed by atoms with Gasteiger partial charge in [0.15, 0.2) is 0 Å². The normalized spacial score (nSPS) is 14.3. The molecule has 2 N–H and O–H groups in total. The van der Waals surface area contributed by atoms with Crippen molar-refractivity contribution in [1.82, 2.24) is 19.9 Å². The van der Waals surface area contributed by atoms with Crippen LogP contribution >= 0.6 is 0 Å². The van der Waals surface area contributed by atoms with Gasteiger partial charge in [-0.25, -0.2) is 9.97 Å². The number of imidazole rings is 2. The van der Waals surface area contributed by atoms with Crippen LogP contribution in [0.1, 0.15) is 17.5 Å². The van der Waals surface area contributed by atoms with Crippen LogP contribution in [-0.2, 0) is 0 Å². The van der Waals surface area contributed by atoms with Crippen LogP contribution in [0.2, 0.25) is 0 Å². The molecule has 12 aromatic rings. The molecule has 0 aliphatic heterocycles. The summed E-state index contributed by atoms with van der Waals surface area (Å²) >= 11 is 0. The lowest BCUT2D eigenvalue weighted by Gasteiger charge is -2.32. The lowest BCUT2D eigenvalue weighted by atomic mass is 9.86. The summed E-state index contributed by atoms with van der Waals surface area (Å²) < 4.78 is 0. The first-order valence-corrected chi connectivity index (χ1v) is 25.3. The van der Waals surface area contributed by atoms with Crippen LogP contribution in [0.3, 0.4) is 0 Å². The van der Waals surface area contributed by atoms with E-state index in [1.165, 1.54) is 22.0 Å². The van der Waals surface area contributed by atoms with Crippen molar-refractivity contribution in [3.8, 4) is 22.8 Å². The highest BCUT2D eigenvalue weighted by molar-refractivity contribution is 6.02. The first-order valence-electron chi connectivity index (χ1n) is 25.3. The largest absolute Gasteiger partial charge is 0.338 e. The molecule has 0 saturated heterocycles. The number of allylic oxidation sites excluding steroid dienone is 8. The van der Waals surface area contributed by atoms with Gasteiger partial charge in [0, 0.05) is 51.2 Å². The average Bonchev–Trinajstić information content (AvgIpc) is 4.11. The summed E-state index contributed by atoms with van der Waals surface area (Å²) in [4.78, 5) is 21.8. The van der Waals surface area contributed by atoms with Gasteiger partial charge in [-0.2, -0.15) is 0 Å². The Morgan fingerprint density at radius 1 is 0.419 bits per heavy atom. The van der Waals surface area contributed by atoms with Gasteiger partial charge in [0.1, 0.15) is 11.6 Å². The second-order valence-corrected chi connectivity index (χ2v) is 19.2. The quantitative estimate of drug-likeness (QED) is 0.134. The van der Waals surface area contributed by atoms with Gasteiger partial charge in [-0.1, -0.05) is 170 Å². The minimum atomic E-state index is 0.369. The summed E-state index contributed by atoms with van der Waals surface area (Å²) in [6, 6.07) is 76.0. The molecule has 350 valence electrons. The molecule has 2 aromatic heterocycles. The minimum Gasteiger partial charge on any atom is -0.338 e. The number of benzene rings is 10. The van der Waals surface area contributed by atoms with Crippen molar-refractivity contribution in [2.24, 2.45) is 5.92 Å². The van der Waals surface area contributed by atoms with Gasteiger partial charge in [0.05, 0.1) is 22.1 Å². The third-order valence-corrected chi connectivity index (χ3v) is 14.7. The minimum absolute atomic E-state index is 0.369. The van der Waals surface area contributed by atoms with Crippen molar-refractivity contribution in [2.75, 3.05) is 9.80 Å². The molecule has 74 heavy (non-hydrogen) atoms. The molecule has 2 aliphatic carbocycles. The van der Waals surface area contributed by atoms with Gasteiger partial charge in [0.25, 0.3) is 0 Å². The Kier molecular flexibility index (Phi) is 10.5. The SMILES string of the molecule is C1=CC2=CC=C(N(c3ccc(/C=C/c4ccc(N(c5ccc6c(-c7nc8ccccc8[nH]7)cccc6c5)c5ccc6c(-c7nc8ccccc8[nH]7)cccc6c5)cc4)cc3)c3ccc4ccccc4c3)CC2C=C1. The third kappa shape index (κ3) is 7.95. The Morgan fingerprint density at radius 3 is 1.53 bits per heavy atom. The van der Waals surface area contributed by atoms with Crippen LogP contribution in [0.15, 0.2) is 260 Å². The van der Waals surface area contributed by atoms with Gasteiger partial charge < -0.3 is 19.8 Å². The number of nitrogens with one attached hydrogen (secondary N) is 2. The molecule has 0 spiro atoms. The third-order valence-electron chi connectivity index (χ3n) is 14.7. The molecule has 1 unspecified atom stereocenters. The fourth-order valence-electron chi connectivity index (χ4n) is 10.9. The molecule has 1 atom stereocenters. The molecule has 14 rings (SSSR count). The maximum atomic E-state index is 4.97. The lowest BCUT2D eigenvalue weighted by Crippen LogP contribution is -2.21. The summed E-state index contributed by atoms with van der Waals surface area (Å²) in [6.45, 7) is 0. The molecule has 0 radical (unpaired) electrons. The summed E-state index contributed by atoms with van der Waals surface area (Å²) in [7, 11) is 0. The maximum absolute atomic E-state index is 4.97. The monoisotopic (exact) mass is 948 g/mol. The van der Waals surface area contributed by atoms with E-state index in [2.05, 4.69) is 244 Å². The van der Waals surface area contributed by atoms with Crippen LogP contribution < -0.4 is 9.80 Å². The summed E-state index contributed by atoms with van der Waals surface area (Å²) in [5.74, 6) is 2.10. The average molecular weight is 949 g/mol. The molecule has 6 nitrogen and oxygen atoms in total. The second-order valence-electron chi connectivity index (χ2n) is 19.2. The number of hydrogen-bond acceptors (Lipinski definition) is 4. The number of nitrogens with zero attached hydrogens (tertiary/aromatic N) is 4. The fourth-order valence-corrected chi connectivity index (χ4v) is 10.9. The van der Waals surface area contributed by atoms with E-state index in [9.17, 15) is 0 Å². The van der Waals surface area contributed by atoms with Crippen LogP contribution in [-0.4, -0.2) is 19.9 Å². The molecular weight excluding hydrogens is 901 g/mol. The van der Waals surface area contributed by atoms with Crippen molar-refractivity contribution in [1.29, 1.82) is 0 Å². The van der Waals surface area contributed by atoms with Crippen molar-refractivity contribution >= 4 is 95.0 Å². The second kappa shape index (κ2) is 18.1. The lowest BCUT2D eigenvalue weighted by molar-refractivity contribution is 0.732. The van der Waals surface area contributed by atoms with E-state index < -0.39 is 0 Å². The number of aromatic amines is 2. The highest BCUT2D eigenvalue weighted by Gasteiger charge is 2.24. The van der Waals surface area contributed by atoms with E-state index in [1.54, 1.807) is 0 Å². The molecule has 0 amide bonds. The number of aromatic nitrogens is 4. The van der Waals surface area contributed by atoms with Crippen molar-refractivity contribution in [3.63, 3.8) is 0 Å². The highest BCUT2D eigenvalue weighted by atomic mass is 15.2. The van der Waals surface area contributed by atoms with Gasteiger partial charge >= 0.3 is 0 Å². The topological polar surface area (TPSA) is 63.8 Å². The number of rotatable bonds is 10. The molecule has 10 aromatic carbocycles. The van der Waals surface area contributed by atoms with E-state index in [1.807, 2.05) is 36.4 Å². The summed E-state index contributed by atoms with van der Waals surface area (Å²) in [5, 5.41) is 7.00. The van der Waals surface area contributed by atoms with Crippen molar-refractivity contribution in [3.05, 3.63) is 271 Å². The molecule has 6 heteroatoms. The first-order chi connectivity index (χ1) is 36.6. The van der Waals surface area contributed by atoms with Crippen LogP contribution in [0.4, 0.5) is 28.4 Å². The van der Waals surface area contributed by atoms with E-state index in [4.69, 9.17) is 9.97 Å². The predicted molar refractivity (Wildman–Crippen MR) is 310 cm³/mol. The van der Waals surface area contributed by atoms with Gasteiger partial charge in [-0.3, -0.25) is 0 Å². The van der Waals surface area contributed by atoms with E-state index in [0.717, 1.165) is 112 Å². The van der Waals surface area contributed by atoms with Crippen LogP contribution in [0.25, 0.3) is 89.3 Å². The number of hydrogen-bond donors (Lipinski definition) is 2. The van der Waals surface area contributed by atoms with Crippen LogP contribution in [0, 0.1) is 5.92 Å². The van der Waals surface area contributed by atoms with Crippen molar-refractivity contribution < 1.29 is 0 Å². The standard InChI is InChI=1S/C68H48N6/c1-3-13-49-41-55(35-29-47(49)11-1)73(56-36-30-48-12-2-4-14-50(48)42-56)53-31-25-45(26-32-53)23-24-46-27-33-54(34-28-46)74(57-37-39-59-51(43-57)15-9-17-61(59)67-69-63-19-5-6-20-64(63)70-67)58-38-40-60-52(44-58)16-10-18-62(60)68-71-65-21-7-8-22-66(65)72-68/h1-41,43-44,50H,42H2,(H,69,70)(H,71,72)/b24-23+. The van der Waals surface area contributed by atoms with Gasteiger partial charge in [-0.15, -0.1) is 0 Å². The molecule has 2 aliphatic rings. The zero-order valence-electron chi connectivity index (χ0n) is 40.4. The Bertz CT molecular complexity index is 4070. The Labute approximate surface area is 428 Å². The fraction of sp³-hybridized carbons (Fsp3) is 0.0294. The van der Waals surface area contributed by atoms with Gasteiger partial charge in [-0.05, 0) is 146 Å². The maximum Gasteiger partial charge on any atom is 0.139 e. The summed E-state index contributed by atoms with van der Waals surface area (Å²) in [6.07, 6.45) is 18.8. The van der Waals surface area contributed by atoms with E-state index >= 15 is 0 Å². The molecular formula is C68H48N6. The smallest absolute Gasteiger partial charge is 0.139 e. The predicted octanol–water partition coefficient (Wildman–Crippen LogP) is 18.0.